The van der Waals surface area contributed by atoms with Gasteiger partial charge in [0.1, 0.15) is 11.8 Å². The summed E-state index contributed by atoms with van der Waals surface area (Å²) in [4.78, 5) is 12.3. The summed E-state index contributed by atoms with van der Waals surface area (Å²) in [5.41, 5.74) is 1.80. The van der Waals surface area contributed by atoms with Crippen molar-refractivity contribution in [2.45, 2.75) is 13.0 Å². The van der Waals surface area contributed by atoms with E-state index in [0.29, 0.717) is 23.0 Å². The average molecular weight is 380 g/mol. The van der Waals surface area contributed by atoms with Gasteiger partial charge in [0.15, 0.2) is 0 Å². The Morgan fingerprint density at radius 2 is 2.17 bits per heavy atom. The highest BCUT2D eigenvalue weighted by Gasteiger charge is 2.36. The number of nitrogens with one attached hydrogen (secondary N) is 1. The number of benzene rings is 1. The van der Waals surface area contributed by atoms with Crippen molar-refractivity contribution in [2.24, 2.45) is 0 Å². The van der Waals surface area contributed by atoms with Gasteiger partial charge in [0.25, 0.3) is 0 Å². The van der Waals surface area contributed by atoms with Crippen LogP contribution in [0.2, 0.25) is 0 Å². The standard InChI is InChI=1S/C14H14BrN5O3/c1-7-11(13(21)23-3)12(20-14(16-7)17-18-19-20)9-6-8(15)4-5-10(9)22-2/h4-6,12H,1-3H3,(H,16,17,19). The summed E-state index contributed by atoms with van der Waals surface area (Å²) in [6.45, 7) is 1.78. The lowest BCUT2D eigenvalue weighted by Crippen LogP contribution is -2.29. The summed E-state index contributed by atoms with van der Waals surface area (Å²) in [6, 6.07) is 4.99. The molecule has 0 aliphatic carbocycles. The molecule has 120 valence electrons. The zero-order chi connectivity index (χ0) is 16.6. The fourth-order valence-electron chi connectivity index (χ4n) is 2.59. The fraction of sp³-hybridized carbons (Fsp3) is 0.286. The van der Waals surface area contributed by atoms with Crippen molar-refractivity contribution in [2.75, 3.05) is 19.5 Å². The molecule has 1 aromatic heterocycles. The van der Waals surface area contributed by atoms with E-state index in [1.807, 2.05) is 18.2 Å². The monoisotopic (exact) mass is 379 g/mol. The van der Waals surface area contributed by atoms with Crippen molar-refractivity contribution >= 4 is 27.8 Å². The third kappa shape index (κ3) is 2.56. The van der Waals surface area contributed by atoms with Gasteiger partial charge in [-0.1, -0.05) is 21.0 Å². The first kappa shape index (κ1) is 15.5. The van der Waals surface area contributed by atoms with E-state index in [-0.39, 0.29) is 0 Å². The highest BCUT2D eigenvalue weighted by Crippen LogP contribution is 2.39. The third-order valence-electron chi connectivity index (χ3n) is 3.61. The molecule has 1 N–H and O–H groups in total. The zero-order valence-electron chi connectivity index (χ0n) is 12.7. The van der Waals surface area contributed by atoms with E-state index >= 15 is 0 Å². The molecule has 0 amide bonds. The van der Waals surface area contributed by atoms with E-state index in [1.54, 1.807) is 14.0 Å². The summed E-state index contributed by atoms with van der Waals surface area (Å²) >= 11 is 3.45. The Labute approximate surface area is 140 Å². The van der Waals surface area contributed by atoms with Gasteiger partial charge in [-0.25, -0.2) is 4.79 Å². The molecule has 2 aromatic rings. The van der Waals surface area contributed by atoms with E-state index in [4.69, 9.17) is 9.47 Å². The smallest absolute Gasteiger partial charge is 0.338 e. The van der Waals surface area contributed by atoms with Gasteiger partial charge in [-0.3, -0.25) is 0 Å². The molecule has 9 heteroatoms. The van der Waals surface area contributed by atoms with E-state index in [1.165, 1.54) is 11.8 Å². The second kappa shape index (κ2) is 5.99. The van der Waals surface area contributed by atoms with Gasteiger partial charge >= 0.3 is 5.97 Å². The summed E-state index contributed by atoms with van der Waals surface area (Å²) in [6.07, 6.45) is 0. The lowest BCUT2D eigenvalue weighted by atomic mass is 9.95. The predicted octanol–water partition coefficient (Wildman–Crippen LogP) is 1.91. The number of hydrogen-bond acceptors (Lipinski definition) is 7. The first-order valence-corrected chi connectivity index (χ1v) is 7.53. The quantitative estimate of drug-likeness (QED) is 0.814. The summed E-state index contributed by atoms with van der Waals surface area (Å²) in [5.74, 6) is 0.612. The van der Waals surface area contributed by atoms with Crippen LogP contribution in [0.3, 0.4) is 0 Å². The maximum absolute atomic E-state index is 12.3. The Morgan fingerprint density at radius 1 is 1.39 bits per heavy atom. The van der Waals surface area contributed by atoms with Crippen LogP contribution in [0, 0.1) is 0 Å². The van der Waals surface area contributed by atoms with Gasteiger partial charge < -0.3 is 14.8 Å². The number of carbonyl (C=O) groups excluding carboxylic acids is 1. The molecule has 23 heavy (non-hydrogen) atoms. The molecule has 0 saturated heterocycles. The number of rotatable bonds is 3. The van der Waals surface area contributed by atoms with Crippen molar-refractivity contribution < 1.29 is 14.3 Å². The number of fused-ring (bicyclic) bond motifs is 1. The first-order chi connectivity index (χ1) is 11.1. The van der Waals surface area contributed by atoms with Crippen LogP contribution in [0.5, 0.6) is 5.75 Å². The molecule has 2 heterocycles. The number of nitrogens with zero attached hydrogens (tertiary/aromatic N) is 4. The number of halogens is 1. The van der Waals surface area contributed by atoms with Crippen LogP contribution in [0.1, 0.15) is 18.5 Å². The highest BCUT2D eigenvalue weighted by molar-refractivity contribution is 9.10. The fourth-order valence-corrected chi connectivity index (χ4v) is 2.97. The van der Waals surface area contributed by atoms with Crippen molar-refractivity contribution in [3.05, 3.63) is 39.5 Å². The molecule has 8 nitrogen and oxygen atoms in total. The average Bonchev–Trinajstić information content (AvgIpc) is 3.00. The Morgan fingerprint density at radius 3 is 2.87 bits per heavy atom. The van der Waals surface area contributed by atoms with Crippen molar-refractivity contribution in [3.8, 4) is 5.75 Å². The molecule has 0 spiro atoms. The number of esters is 1. The highest BCUT2D eigenvalue weighted by atomic mass is 79.9. The van der Waals surface area contributed by atoms with Gasteiger partial charge in [-0.2, -0.15) is 4.68 Å². The van der Waals surface area contributed by atoms with Crippen LogP contribution < -0.4 is 10.1 Å². The Balaban J connectivity index is 2.26. The summed E-state index contributed by atoms with van der Waals surface area (Å²) in [5, 5.41) is 14.6. The third-order valence-corrected chi connectivity index (χ3v) is 4.10. The van der Waals surface area contributed by atoms with Crippen LogP contribution in [0.4, 0.5) is 5.95 Å². The molecule has 0 fully saturated rings. The summed E-state index contributed by atoms with van der Waals surface area (Å²) < 4.78 is 12.8. The lowest BCUT2D eigenvalue weighted by molar-refractivity contribution is -0.136. The van der Waals surface area contributed by atoms with Gasteiger partial charge in [-0.05, 0) is 35.5 Å². The number of aromatic nitrogens is 4. The molecule has 3 rings (SSSR count). The van der Waals surface area contributed by atoms with Gasteiger partial charge in [-0.15, -0.1) is 0 Å². The number of allylic oxidation sites excluding steroid dienone is 1. The minimum Gasteiger partial charge on any atom is -0.496 e. The van der Waals surface area contributed by atoms with Gasteiger partial charge in [0, 0.05) is 15.7 Å². The maximum Gasteiger partial charge on any atom is 0.338 e. The predicted molar refractivity (Wildman–Crippen MR) is 85.0 cm³/mol. The van der Waals surface area contributed by atoms with E-state index < -0.39 is 12.0 Å². The SMILES string of the molecule is COC(=O)C1=C(C)Nc2nnnn2C1c1cc(Br)ccc1OC. The van der Waals surface area contributed by atoms with E-state index in [2.05, 4.69) is 36.8 Å². The van der Waals surface area contributed by atoms with Crippen LogP contribution >= 0.6 is 15.9 Å². The molecule has 1 unspecified atom stereocenters. The van der Waals surface area contributed by atoms with Gasteiger partial charge in [0.05, 0.1) is 19.8 Å². The molecule has 0 saturated carbocycles. The zero-order valence-corrected chi connectivity index (χ0v) is 14.3. The number of tetrazole rings is 1. The Bertz CT molecular complexity index is 801. The molecule has 0 bridgehead atoms. The van der Waals surface area contributed by atoms with Crippen molar-refractivity contribution in [1.82, 2.24) is 20.2 Å². The molecule has 1 aliphatic rings. The molecular formula is C14H14BrN5O3. The topological polar surface area (TPSA) is 91.2 Å². The normalized spacial score (nSPS) is 16.6. The second-order valence-corrected chi connectivity index (χ2v) is 5.81. The Kier molecular flexibility index (Phi) is 4.03. The molecule has 1 aromatic carbocycles. The maximum atomic E-state index is 12.3. The van der Waals surface area contributed by atoms with Crippen LogP contribution in [-0.2, 0) is 9.53 Å². The molecular weight excluding hydrogens is 366 g/mol. The van der Waals surface area contributed by atoms with Crippen LogP contribution in [-0.4, -0.2) is 40.4 Å². The number of carbonyl (C=O) groups is 1. The van der Waals surface area contributed by atoms with E-state index in [0.717, 1.165) is 10.0 Å². The summed E-state index contributed by atoms with van der Waals surface area (Å²) in [7, 11) is 2.91. The number of anilines is 1. The minimum absolute atomic E-state index is 0.420. The van der Waals surface area contributed by atoms with E-state index in [9.17, 15) is 4.79 Å². The minimum atomic E-state index is -0.554. The largest absolute Gasteiger partial charge is 0.496 e. The van der Waals surface area contributed by atoms with Crippen molar-refractivity contribution in [1.29, 1.82) is 0 Å². The number of ether oxygens (including phenoxy) is 2. The van der Waals surface area contributed by atoms with Crippen LogP contribution in [0.15, 0.2) is 33.9 Å². The van der Waals surface area contributed by atoms with Crippen LogP contribution in [0.25, 0.3) is 0 Å². The molecule has 1 aliphatic heterocycles. The first-order valence-electron chi connectivity index (χ1n) is 6.74. The number of hydrogen-bond donors (Lipinski definition) is 1. The molecule has 0 radical (unpaired) electrons. The van der Waals surface area contributed by atoms with Crippen molar-refractivity contribution in [3.63, 3.8) is 0 Å². The molecule has 1 atom stereocenters. The Hall–Kier alpha value is -2.42. The second-order valence-electron chi connectivity index (χ2n) is 4.89. The number of methoxy groups -OCH3 is 2. The van der Waals surface area contributed by atoms with Gasteiger partial charge in [0.2, 0.25) is 5.95 Å². The lowest BCUT2D eigenvalue weighted by Gasteiger charge is -2.28.